The van der Waals surface area contributed by atoms with Crippen LogP contribution in [0.3, 0.4) is 0 Å². The fraction of sp³-hybridized carbons (Fsp3) is 0.300. The molecule has 1 N–H and O–H groups in total. The van der Waals surface area contributed by atoms with Gasteiger partial charge in [-0.3, -0.25) is 9.55 Å². The number of fused-ring (bicyclic) bond motifs is 1. The molecular formula is C60H65N3O. The molecule has 4 nitrogen and oxygen atoms in total. The highest BCUT2D eigenvalue weighted by Gasteiger charge is 2.27. The van der Waals surface area contributed by atoms with Gasteiger partial charge in [-0.1, -0.05) is 162 Å². The lowest BCUT2D eigenvalue weighted by molar-refractivity contribution is 0.471. The van der Waals surface area contributed by atoms with Gasteiger partial charge in [0.25, 0.3) is 0 Å². The van der Waals surface area contributed by atoms with Gasteiger partial charge in [-0.15, -0.1) is 0 Å². The second kappa shape index (κ2) is 16.1. The SMILES string of the molecule is [2H]C([2H])([2H])c1cc(-c2cc(C(C)(C)C)cc(C(C)(C)C)c2)ccc1-n1c(-c2cc(C(C)(C)C)cc(C)c2O)nc2c(-c3cc(-c4cc(-c5ccccc5)ccn4)cc(C(C)(C)C)c3)cccc21. The zero-order valence-corrected chi connectivity index (χ0v) is 40.0. The smallest absolute Gasteiger partial charge is 0.149 e. The second-order valence-electron chi connectivity index (χ2n) is 21.8. The van der Waals surface area contributed by atoms with Crippen molar-refractivity contribution < 1.29 is 9.22 Å². The van der Waals surface area contributed by atoms with Crippen molar-refractivity contribution in [3.63, 3.8) is 0 Å². The van der Waals surface area contributed by atoms with Gasteiger partial charge in [-0.2, -0.15) is 0 Å². The van der Waals surface area contributed by atoms with E-state index < -0.39 is 6.85 Å². The lowest BCUT2D eigenvalue weighted by atomic mass is 9.79. The van der Waals surface area contributed by atoms with Gasteiger partial charge in [0.05, 0.1) is 28.0 Å². The van der Waals surface area contributed by atoms with Crippen molar-refractivity contribution in [2.75, 3.05) is 0 Å². The van der Waals surface area contributed by atoms with E-state index in [0.29, 0.717) is 28.2 Å². The first-order valence-electron chi connectivity index (χ1n) is 24.0. The first-order valence-corrected chi connectivity index (χ1v) is 22.5. The lowest BCUT2D eigenvalue weighted by Gasteiger charge is -2.26. The lowest BCUT2D eigenvalue weighted by Crippen LogP contribution is -2.16. The van der Waals surface area contributed by atoms with E-state index in [2.05, 4.69) is 144 Å². The Labute approximate surface area is 386 Å². The number of aryl methyl sites for hydroxylation is 2. The van der Waals surface area contributed by atoms with Crippen LogP contribution in [-0.4, -0.2) is 19.6 Å². The zero-order valence-electron chi connectivity index (χ0n) is 43.0. The molecule has 8 aromatic rings. The molecule has 2 aromatic heterocycles. The van der Waals surface area contributed by atoms with Crippen molar-refractivity contribution in [3.05, 3.63) is 167 Å². The van der Waals surface area contributed by atoms with Crippen LogP contribution < -0.4 is 0 Å². The quantitative estimate of drug-likeness (QED) is 0.181. The van der Waals surface area contributed by atoms with Crippen LogP contribution in [0.25, 0.3) is 72.7 Å². The maximum absolute atomic E-state index is 12.1. The minimum absolute atomic E-state index is 0.105. The molecule has 0 saturated heterocycles. The Morgan fingerprint density at radius 2 is 1.08 bits per heavy atom. The number of benzene rings is 6. The summed E-state index contributed by atoms with van der Waals surface area (Å²) in [6.07, 6.45) is 1.87. The number of rotatable bonds is 6. The average Bonchev–Trinajstić information content (AvgIpc) is 3.65. The van der Waals surface area contributed by atoms with E-state index in [9.17, 15) is 5.11 Å². The standard InChI is InChI=1S/C60H65N3O/c1-37-27-40(42-30-47(59(9,10)11)35-48(31-42)60(12,13)14)23-24-52(37)63-53-22-18-21-49(54(53)62-56(63)50-36-45(57(3,4)5)28-38(2)55(50)64)43-29-44(33-46(32-43)58(6,7)8)51-34-41(25-26-61-51)39-19-16-15-17-20-39/h15-36,64H,1-14H3/i1D3. The Balaban J connectivity index is 1.43. The Kier molecular flexibility index (Phi) is 10.2. The summed E-state index contributed by atoms with van der Waals surface area (Å²) < 4.78 is 29.3. The third-order valence-corrected chi connectivity index (χ3v) is 12.6. The molecule has 0 amide bonds. The highest BCUT2D eigenvalue weighted by atomic mass is 16.3. The molecule has 8 rings (SSSR count). The predicted octanol–water partition coefficient (Wildman–Crippen LogP) is 16.3. The molecule has 0 bridgehead atoms. The first kappa shape index (κ1) is 40.5. The van der Waals surface area contributed by atoms with Crippen molar-refractivity contribution in [2.24, 2.45) is 0 Å². The maximum Gasteiger partial charge on any atom is 0.149 e. The van der Waals surface area contributed by atoms with Crippen LogP contribution in [0.15, 0.2) is 134 Å². The van der Waals surface area contributed by atoms with E-state index in [0.717, 1.165) is 61.3 Å². The summed E-state index contributed by atoms with van der Waals surface area (Å²) >= 11 is 0. The molecule has 0 atom stereocenters. The van der Waals surface area contributed by atoms with Crippen LogP contribution in [0.5, 0.6) is 5.75 Å². The van der Waals surface area contributed by atoms with Gasteiger partial charge >= 0.3 is 0 Å². The number of phenols is 1. The van der Waals surface area contributed by atoms with Crippen LogP contribution in [-0.2, 0) is 21.7 Å². The minimum Gasteiger partial charge on any atom is -0.507 e. The normalized spacial score (nSPS) is 13.5. The van der Waals surface area contributed by atoms with Gasteiger partial charge in [0.15, 0.2) is 0 Å². The first-order chi connectivity index (χ1) is 31.2. The van der Waals surface area contributed by atoms with Crippen LogP contribution in [0, 0.1) is 13.8 Å². The molecule has 0 aliphatic carbocycles. The molecule has 0 aliphatic heterocycles. The molecule has 0 radical (unpaired) electrons. The zero-order chi connectivity index (χ0) is 48.6. The fourth-order valence-corrected chi connectivity index (χ4v) is 8.47. The molecule has 64 heavy (non-hydrogen) atoms. The van der Waals surface area contributed by atoms with Crippen LogP contribution >= 0.6 is 0 Å². The number of imidazole rings is 1. The molecule has 326 valence electrons. The summed E-state index contributed by atoms with van der Waals surface area (Å²) in [7, 11) is 0. The minimum atomic E-state index is -2.51. The van der Waals surface area contributed by atoms with Crippen molar-refractivity contribution in [2.45, 2.75) is 119 Å². The highest BCUT2D eigenvalue weighted by Crippen LogP contribution is 2.43. The third kappa shape index (κ3) is 8.68. The maximum atomic E-state index is 12.1. The monoisotopic (exact) mass is 847 g/mol. The van der Waals surface area contributed by atoms with Crippen molar-refractivity contribution in [1.29, 1.82) is 0 Å². The van der Waals surface area contributed by atoms with Gasteiger partial charge in [-0.05, 0) is 145 Å². The van der Waals surface area contributed by atoms with Crippen LogP contribution in [0.4, 0.5) is 0 Å². The summed E-state index contributed by atoms with van der Waals surface area (Å²) in [6.45, 7) is 25.8. The van der Waals surface area contributed by atoms with E-state index >= 15 is 0 Å². The van der Waals surface area contributed by atoms with E-state index in [1.807, 2.05) is 84.4 Å². The van der Waals surface area contributed by atoms with Crippen LogP contribution in [0.1, 0.15) is 121 Å². The summed E-state index contributed by atoms with van der Waals surface area (Å²) in [5, 5.41) is 12.1. The number of hydrogen-bond acceptors (Lipinski definition) is 3. The molecule has 2 heterocycles. The average molecular weight is 847 g/mol. The summed E-state index contributed by atoms with van der Waals surface area (Å²) in [5.41, 5.74) is 14.9. The highest BCUT2D eigenvalue weighted by molar-refractivity contribution is 5.97. The molecule has 6 aromatic carbocycles. The molecule has 0 aliphatic rings. The van der Waals surface area contributed by atoms with E-state index in [1.165, 1.54) is 11.1 Å². The number of aromatic hydroxyl groups is 1. The van der Waals surface area contributed by atoms with Crippen molar-refractivity contribution in [3.8, 4) is 67.5 Å². The topological polar surface area (TPSA) is 50.9 Å². The number of aromatic nitrogens is 3. The Morgan fingerprint density at radius 3 is 1.72 bits per heavy atom. The molecular weight excluding hydrogens is 779 g/mol. The van der Waals surface area contributed by atoms with E-state index in [-0.39, 0.29) is 33.0 Å². The van der Waals surface area contributed by atoms with Crippen LogP contribution in [0.2, 0.25) is 0 Å². The summed E-state index contributed by atoms with van der Waals surface area (Å²) in [6, 6.07) is 43.8. The number of pyridine rings is 1. The number of para-hydroxylation sites is 1. The van der Waals surface area contributed by atoms with Gasteiger partial charge in [-0.25, -0.2) is 4.98 Å². The Hall–Kier alpha value is -6.26. The fourth-order valence-electron chi connectivity index (χ4n) is 8.47. The van der Waals surface area contributed by atoms with Crippen molar-refractivity contribution >= 4 is 11.0 Å². The van der Waals surface area contributed by atoms with Gasteiger partial charge in [0.2, 0.25) is 0 Å². The van der Waals surface area contributed by atoms with Gasteiger partial charge in [0, 0.05) is 21.4 Å². The number of hydrogen-bond donors (Lipinski definition) is 1. The predicted molar refractivity (Wildman–Crippen MR) is 272 cm³/mol. The molecule has 0 spiro atoms. The van der Waals surface area contributed by atoms with Gasteiger partial charge < -0.3 is 5.11 Å². The van der Waals surface area contributed by atoms with Gasteiger partial charge in [0.1, 0.15) is 11.6 Å². The van der Waals surface area contributed by atoms with E-state index in [1.54, 1.807) is 0 Å². The molecule has 4 heteroatoms. The molecule has 0 saturated carbocycles. The second-order valence-corrected chi connectivity index (χ2v) is 21.8. The third-order valence-electron chi connectivity index (χ3n) is 12.6. The molecule has 0 fully saturated rings. The van der Waals surface area contributed by atoms with Crippen molar-refractivity contribution in [1.82, 2.24) is 14.5 Å². The Bertz CT molecular complexity index is 3130. The molecule has 0 unspecified atom stereocenters. The Morgan fingerprint density at radius 1 is 0.484 bits per heavy atom. The number of phenolic OH excluding ortho intramolecular Hbond substituents is 1. The summed E-state index contributed by atoms with van der Waals surface area (Å²) in [4.78, 5) is 10.4. The van der Waals surface area contributed by atoms with E-state index in [4.69, 9.17) is 14.1 Å². The summed E-state index contributed by atoms with van der Waals surface area (Å²) in [5.74, 6) is 0.565. The largest absolute Gasteiger partial charge is 0.507 e. The number of nitrogens with zero attached hydrogens (tertiary/aromatic N) is 3.